The van der Waals surface area contributed by atoms with Gasteiger partial charge in [0.2, 0.25) is 0 Å². The van der Waals surface area contributed by atoms with Gasteiger partial charge in [0.1, 0.15) is 17.3 Å². The molecule has 0 aromatic heterocycles. The summed E-state index contributed by atoms with van der Waals surface area (Å²) in [5.74, 6) is 1.35. The first kappa shape index (κ1) is 21.6. The molecule has 3 rings (SSSR count). The normalized spacial score (nSPS) is 18.0. The Morgan fingerprint density at radius 2 is 1.90 bits per heavy atom. The quantitative estimate of drug-likeness (QED) is 0.735. The van der Waals surface area contributed by atoms with Gasteiger partial charge in [-0.2, -0.15) is 0 Å². The van der Waals surface area contributed by atoms with Crippen LogP contribution in [0.2, 0.25) is 0 Å². The van der Waals surface area contributed by atoms with E-state index in [0.717, 1.165) is 37.5 Å². The molecule has 1 N–H and O–H groups in total. The van der Waals surface area contributed by atoms with E-state index in [4.69, 9.17) is 9.47 Å². The van der Waals surface area contributed by atoms with Crippen molar-refractivity contribution in [1.82, 2.24) is 9.80 Å². The van der Waals surface area contributed by atoms with E-state index in [-0.39, 0.29) is 18.5 Å². The molecule has 0 bridgehead atoms. The molecular formula is C23H31FN2O3. The number of ether oxygens (including phenoxy) is 2. The Morgan fingerprint density at radius 1 is 1.07 bits per heavy atom. The lowest BCUT2D eigenvalue weighted by molar-refractivity contribution is 0.0494. The van der Waals surface area contributed by atoms with Crippen LogP contribution >= 0.6 is 0 Å². The largest absolute Gasteiger partial charge is 0.497 e. The fraction of sp³-hybridized carbons (Fsp3) is 0.478. The molecule has 1 aliphatic rings. The van der Waals surface area contributed by atoms with Crippen LogP contribution < -0.4 is 9.47 Å². The van der Waals surface area contributed by atoms with E-state index in [9.17, 15) is 9.50 Å². The molecule has 2 aromatic rings. The SMILES string of the molecule is COc1ccc(F)c(CN2CCN(Cc3ccc(OC)c(C)c3)C(CCO)C2)c1. The number of aliphatic hydroxyl groups is 1. The zero-order chi connectivity index (χ0) is 20.8. The van der Waals surface area contributed by atoms with Gasteiger partial charge >= 0.3 is 0 Å². The molecule has 0 saturated carbocycles. The summed E-state index contributed by atoms with van der Waals surface area (Å²) in [6, 6.07) is 11.4. The number of rotatable bonds is 8. The first-order chi connectivity index (χ1) is 14.0. The third kappa shape index (κ3) is 5.47. The number of methoxy groups -OCH3 is 2. The first-order valence-electron chi connectivity index (χ1n) is 10.1. The molecule has 1 aliphatic heterocycles. The summed E-state index contributed by atoms with van der Waals surface area (Å²) >= 11 is 0. The zero-order valence-electron chi connectivity index (χ0n) is 17.5. The van der Waals surface area contributed by atoms with E-state index < -0.39 is 0 Å². The van der Waals surface area contributed by atoms with Crippen LogP contribution in [-0.4, -0.2) is 61.4 Å². The van der Waals surface area contributed by atoms with Crippen molar-refractivity contribution in [2.24, 2.45) is 0 Å². The lowest BCUT2D eigenvalue weighted by Crippen LogP contribution is -2.52. The second-order valence-electron chi connectivity index (χ2n) is 7.63. The van der Waals surface area contributed by atoms with Crippen molar-refractivity contribution in [1.29, 1.82) is 0 Å². The Balaban J connectivity index is 1.67. The van der Waals surface area contributed by atoms with E-state index in [1.165, 1.54) is 11.6 Å². The Kier molecular flexibility index (Phi) is 7.47. The number of piperazine rings is 1. The number of hydrogen-bond donors (Lipinski definition) is 1. The maximum absolute atomic E-state index is 14.2. The number of aliphatic hydroxyl groups excluding tert-OH is 1. The highest BCUT2D eigenvalue weighted by Gasteiger charge is 2.27. The van der Waals surface area contributed by atoms with Gasteiger partial charge in [-0.05, 0) is 48.7 Å². The van der Waals surface area contributed by atoms with Crippen molar-refractivity contribution in [3.8, 4) is 11.5 Å². The molecule has 2 aromatic carbocycles. The number of nitrogens with zero attached hydrogens (tertiary/aromatic N) is 2. The molecular weight excluding hydrogens is 371 g/mol. The van der Waals surface area contributed by atoms with Crippen LogP contribution in [0, 0.1) is 12.7 Å². The van der Waals surface area contributed by atoms with Crippen LogP contribution in [0.15, 0.2) is 36.4 Å². The van der Waals surface area contributed by atoms with Gasteiger partial charge in [-0.25, -0.2) is 4.39 Å². The van der Waals surface area contributed by atoms with Crippen molar-refractivity contribution in [3.05, 3.63) is 58.9 Å². The van der Waals surface area contributed by atoms with E-state index in [1.54, 1.807) is 26.4 Å². The molecule has 1 atom stereocenters. The van der Waals surface area contributed by atoms with Gasteiger partial charge in [-0.3, -0.25) is 9.80 Å². The second-order valence-corrected chi connectivity index (χ2v) is 7.63. The summed E-state index contributed by atoms with van der Waals surface area (Å²) in [6.45, 7) is 6.09. The summed E-state index contributed by atoms with van der Waals surface area (Å²) < 4.78 is 24.8. The third-order valence-corrected chi connectivity index (χ3v) is 5.64. The average molecular weight is 403 g/mol. The third-order valence-electron chi connectivity index (χ3n) is 5.64. The Morgan fingerprint density at radius 3 is 2.59 bits per heavy atom. The number of benzene rings is 2. The van der Waals surface area contributed by atoms with E-state index in [1.807, 2.05) is 13.0 Å². The predicted molar refractivity (Wildman–Crippen MR) is 112 cm³/mol. The van der Waals surface area contributed by atoms with Crippen molar-refractivity contribution >= 4 is 0 Å². The monoisotopic (exact) mass is 402 g/mol. The van der Waals surface area contributed by atoms with Crippen LogP contribution in [0.3, 0.4) is 0 Å². The Bertz CT molecular complexity index is 815. The summed E-state index contributed by atoms with van der Waals surface area (Å²) in [6.07, 6.45) is 0.701. The van der Waals surface area contributed by atoms with Gasteiger partial charge < -0.3 is 14.6 Å². The van der Waals surface area contributed by atoms with Crippen LogP contribution in [0.5, 0.6) is 11.5 Å². The molecule has 0 aliphatic carbocycles. The van der Waals surface area contributed by atoms with E-state index >= 15 is 0 Å². The molecule has 1 heterocycles. The predicted octanol–water partition coefficient (Wildman–Crippen LogP) is 3.22. The molecule has 158 valence electrons. The van der Waals surface area contributed by atoms with Gasteiger partial charge in [-0.1, -0.05) is 12.1 Å². The summed E-state index contributed by atoms with van der Waals surface area (Å²) in [4.78, 5) is 4.67. The molecule has 6 heteroatoms. The van der Waals surface area contributed by atoms with E-state index in [0.29, 0.717) is 24.3 Å². The lowest BCUT2D eigenvalue weighted by Gasteiger charge is -2.41. The van der Waals surface area contributed by atoms with Crippen LogP contribution in [-0.2, 0) is 13.1 Å². The smallest absolute Gasteiger partial charge is 0.127 e. The molecule has 1 fully saturated rings. The maximum atomic E-state index is 14.2. The zero-order valence-corrected chi connectivity index (χ0v) is 17.5. The van der Waals surface area contributed by atoms with E-state index in [2.05, 4.69) is 21.9 Å². The minimum absolute atomic E-state index is 0.143. The molecule has 1 unspecified atom stereocenters. The molecule has 0 radical (unpaired) electrons. The Labute approximate surface area is 172 Å². The highest BCUT2D eigenvalue weighted by Crippen LogP contribution is 2.24. The van der Waals surface area contributed by atoms with Crippen LogP contribution in [0.1, 0.15) is 23.1 Å². The standard InChI is InChI=1S/C23H31FN2O3/c1-17-12-18(4-7-23(17)29-3)14-26-10-9-25(16-20(26)8-11-27)15-19-13-21(28-2)5-6-22(19)24/h4-7,12-13,20,27H,8-11,14-16H2,1-3H3. The number of halogens is 1. The van der Waals surface area contributed by atoms with Gasteiger partial charge in [0.15, 0.2) is 0 Å². The van der Waals surface area contributed by atoms with Crippen LogP contribution in [0.4, 0.5) is 4.39 Å². The van der Waals surface area contributed by atoms with Crippen LogP contribution in [0.25, 0.3) is 0 Å². The van der Waals surface area contributed by atoms with Crippen molar-refractivity contribution in [2.75, 3.05) is 40.5 Å². The van der Waals surface area contributed by atoms with Crippen molar-refractivity contribution < 1.29 is 19.0 Å². The highest BCUT2D eigenvalue weighted by atomic mass is 19.1. The van der Waals surface area contributed by atoms with Gasteiger partial charge in [0.25, 0.3) is 0 Å². The van der Waals surface area contributed by atoms with Gasteiger partial charge in [-0.15, -0.1) is 0 Å². The average Bonchev–Trinajstić information content (AvgIpc) is 2.72. The summed E-state index contributed by atoms with van der Waals surface area (Å²) in [7, 11) is 3.28. The Hall–Kier alpha value is -2.15. The fourth-order valence-electron chi connectivity index (χ4n) is 4.05. The fourth-order valence-corrected chi connectivity index (χ4v) is 4.05. The minimum atomic E-state index is -0.208. The molecule has 1 saturated heterocycles. The summed E-state index contributed by atoms with van der Waals surface area (Å²) in [5, 5.41) is 9.56. The molecule has 5 nitrogen and oxygen atoms in total. The first-order valence-corrected chi connectivity index (χ1v) is 10.1. The topological polar surface area (TPSA) is 45.2 Å². The number of hydrogen-bond acceptors (Lipinski definition) is 5. The molecule has 29 heavy (non-hydrogen) atoms. The number of aryl methyl sites for hydroxylation is 1. The summed E-state index contributed by atoms with van der Waals surface area (Å²) in [5.41, 5.74) is 3.00. The highest BCUT2D eigenvalue weighted by molar-refractivity contribution is 5.36. The van der Waals surface area contributed by atoms with Gasteiger partial charge in [0.05, 0.1) is 14.2 Å². The van der Waals surface area contributed by atoms with Gasteiger partial charge in [0, 0.05) is 50.9 Å². The minimum Gasteiger partial charge on any atom is -0.497 e. The molecule has 0 spiro atoms. The second kappa shape index (κ2) is 10.1. The maximum Gasteiger partial charge on any atom is 0.127 e. The van der Waals surface area contributed by atoms with Crippen molar-refractivity contribution in [2.45, 2.75) is 32.5 Å². The van der Waals surface area contributed by atoms with Crippen molar-refractivity contribution in [3.63, 3.8) is 0 Å². The lowest BCUT2D eigenvalue weighted by atomic mass is 10.0. The molecule has 0 amide bonds.